The molecule has 3 fully saturated rings. The molecule has 2 unspecified atom stereocenters. The highest BCUT2D eigenvalue weighted by Gasteiger charge is 2.45. The molecule has 292 valence electrons. The maximum absolute atomic E-state index is 15.4. The van der Waals surface area contributed by atoms with Gasteiger partial charge in [-0.05, 0) is 76.1 Å². The first-order valence-electron chi connectivity index (χ1n) is 18.8. The standard InChI is InChI=1S/C37H44F3N11O4/c1-46(22-12-16-48(17-13-22)27-9-8-25(38)31-32(27)47(2)37(55)51(31)28-10-11-29(52)44-36(28)54)19-21-4-6-23(7-5-21)50-20-26(30(45-50)33(39)40)43-35(53)24-18-42-49-15-3-14-41-34(24)49/h3,8-9,14-15,18,20-23,28,33,37,55H,4-7,10-13,16-17,19H2,1-2H3,(H,43,53)(H,44,52,54). The fourth-order valence-electron chi connectivity index (χ4n) is 8.80. The summed E-state index contributed by atoms with van der Waals surface area (Å²) in [6.07, 6.45) is 7.34. The summed E-state index contributed by atoms with van der Waals surface area (Å²) in [5, 5.41) is 24.4. The number of nitrogens with zero attached hydrogens (tertiary/aromatic N) is 9. The van der Waals surface area contributed by atoms with Crippen LogP contribution in [0.3, 0.4) is 0 Å². The molecule has 1 aromatic carbocycles. The lowest BCUT2D eigenvalue weighted by molar-refractivity contribution is -0.134. The summed E-state index contributed by atoms with van der Waals surface area (Å²) in [7, 11) is 3.82. The van der Waals surface area contributed by atoms with Crippen molar-refractivity contribution < 1.29 is 32.7 Å². The number of nitrogens with one attached hydrogen (secondary N) is 2. The number of imide groups is 1. The number of amides is 3. The van der Waals surface area contributed by atoms with E-state index in [2.05, 4.69) is 42.7 Å². The summed E-state index contributed by atoms with van der Waals surface area (Å²) in [6.45, 7) is 2.34. The van der Waals surface area contributed by atoms with E-state index >= 15 is 4.39 Å². The van der Waals surface area contributed by atoms with Crippen LogP contribution in [0.25, 0.3) is 5.65 Å². The van der Waals surface area contributed by atoms with Crippen molar-refractivity contribution in [1.82, 2.24) is 34.6 Å². The molecule has 55 heavy (non-hydrogen) atoms. The van der Waals surface area contributed by atoms with Crippen molar-refractivity contribution in [3.63, 3.8) is 0 Å². The predicted molar refractivity (Wildman–Crippen MR) is 196 cm³/mol. The SMILES string of the molecule is CN(CC1CCC(n2cc(NC(=O)c3cnn4cccnc34)c(C(F)F)n2)CC1)C1CCN(c2ccc(F)c3c2N(C)C(O)N3C2CCC(=O)NC2=O)CC1. The number of rotatable bonds is 9. The molecule has 1 aliphatic carbocycles. The van der Waals surface area contributed by atoms with Crippen LogP contribution < -0.4 is 25.3 Å². The molecule has 6 heterocycles. The van der Waals surface area contributed by atoms with Crippen LogP contribution in [0.4, 0.5) is 35.9 Å². The van der Waals surface area contributed by atoms with Gasteiger partial charge in [-0.25, -0.2) is 22.7 Å². The van der Waals surface area contributed by atoms with Crippen LogP contribution in [0.1, 0.15) is 79.9 Å². The highest BCUT2D eigenvalue weighted by atomic mass is 19.3. The summed E-state index contributed by atoms with van der Waals surface area (Å²) in [4.78, 5) is 49.3. The second-order valence-electron chi connectivity index (χ2n) is 15.0. The third-order valence-corrected chi connectivity index (χ3v) is 11.7. The van der Waals surface area contributed by atoms with Crippen molar-refractivity contribution in [1.29, 1.82) is 0 Å². The molecule has 2 saturated heterocycles. The van der Waals surface area contributed by atoms with Crippen molar-refractivity contribution in [2.75, 3.05) is 53.7 Å². The van der Waals surface area contributed by atoms with Gasteiger partial charge in [0.2, 0.25) is 18.2 Å². The van der Waals surface area contributed by atoms with Gasteiger partial charge in [0.15, 0.2) is 11.3 Å². The lowest BCUT2D eigenvalue weighted by Crippen LogP contribution is -2.57. The van der Waals surface area contributed by atoms with Gasteiger partial charge >= 0.3 is 0 Å². The van der Waals surface area contributed by atoms with Gasteiger partial charge in [-0.15, -0.1) is 0 Å². The van der Waals surface area contributed by atoms with Gasteiger partial charge in [0, 0.05) is 57.7 Å². The number of piperidine rings is 2. The number of alkyl halides is 2. The van der Waals surface area contributed by atoms with Gasteiger partial charge in [-0.2, -0.15) is 10.2 Å². The Labute approximate surface area is 315 Å². The molecule has 3 aromatic heterocycles. The highest BCUT2D eigenvalue weighted by Crippen LogP contribution is 2.48. The van der Waals surface area contributed by atoms with Gasteiger partial charge in [0.1, 0.15) is 23.1 Å². The number of fused-ring (bicyclic) bond motifs is 2. The zero-order chi connectivity index (χ0) is 38.5. The van der Waals surface area contributed by atoms with Crippen LogP contribution in [0.15, 0.2) is 43.0 Å². The van der Waals surface area contributed by atoms with E-state index < -0.39 is 42.1 Å². The molecule has 0 bridgehead atoms. The highest BCUT2D eigenvalue weighted by molar-refractivity contribution is 6.08. The predicted octanol–water partition coefficient (Wildman–Crippen LogP) is 3.92. The number of aromatic nitrogens is 5. The largest absolute Gasteiger partial charge is 0.370 e. The van der Waals surface area contributed by atoms with Crippen LogP contribution in [0.5, 0.6) is 0 Å². The Hall–Kier alpha value is -5.23. The van der Waals surface area contributed by atoms with Gasteiger partial charge in [-0.1, -0.05) is 0 Å². The number of aliphatic hydroxyl groups is 1. The first kappa shape index (κ1) is 36.7. The number of carbonyl (C=O) groups excluding carboxylic acids is 3. The van der Waals surface area contributed by atoms with Crippen LogP contribution in [0, 0.1) is 11.7 Å². The second-order valence-corrected chi connectivity index (χ2v) is 15.0. The summed E-state index contributed by atoms with van der Waals surface area (Å²) in [5.41, 5.74) is 1.49. The summed E-state index contributed by atoms with van der Waals surface area (Å²) >= 11 is 0. The third-order valence-electron chi connectivity index (χ3n) is 11.7. The molecular weight excluding hydrogens is 719 g/mol. The maximum atomic E-state index is 15.4. The van der Waals surface area contributed by atoms with Crippen molar-refractivity contribution in [3.8, 4) is 0 Å². The molecule has 3 amide bonds. The van der Waals surface area contributed by atoms with E-state index in [1.807, 2.05) is 0 Å². The topological polar surface area (TPSA) is 156 Å². The molecule has 8 rings (SSSR count). The Balaban J connectivity index is 0.863. The summed E-state index contributed by atoms with van der Waals surface area (Å²) in [5.74, 6) is -1.62. The summed E-state index contributed by atoms with van der Waals surface area (Å²) < 4.78 is 46.6. The average molecular weight is 764 g/mol. The van der Waals surface area contributed by atoms with Gasteiger partial charge in [0.05, 0.1) is 29.3 Å². The van der Waals surface area contributed by atoms with Crippen molar-refractivity contribution in [2.45, 2.75) is 82.3 Å². The van der Waals surface area contributed by atoms with Gasteiger partial charge in [0.25, 0.3) is 12.3 Å². The minimum atomic E-state index is -2.86. The monoisotopic (exact) mass is 763 g/mol. The third kappa shape index (κ3) is 6.85. The molecule has 4 aromatic rings. The average Bonchev–Trinajstić information content (AvgIpc) is 3.87. The molecule has 18 heteroatoms. The molecule has 3 aliphatic heterocycles. The Bertz CT molecular complexity index is 2090. The fraction of sp³-hybridized carbons (Fsp3) is 0.514. The van der Waals surface area contributed by atoms with E-state index in [0.29, 0.717) is 23.3 Å². The fourth-order valence-corrected chi connectivity index (χ4v) is 8.80. The Morgan fingerprint density at radius 1 is 1.09 bits per heavy atom. The molecular formula is C37H44F3N11O4. The molecule has 3 N–H and O–H groups in total. The van der Waals surface area contributed by atoms with Crippen LogP contribution in [-0.2, 0) is 9.59 Å². The molecule has 1 saturated carbocycles. The first-order valence-corrected chi connectivity index (χ1v) is 18.8. The molecule has 0 spiro atoms. The Morgan fingerprint density at radius 2 is 1.85 bits per heavy atom. The maximum Gasteiger partial charge on any atom is 0.284 e. The molecule has 15 nitrogen and oxygen atoms in total. The second kappa shape index (κ2) is 14.8. The number of halogens is 3. The lowest BCUT2D eigenvalue weighted by atomic mass is 9.85. The molecule has 2 atom stereocenters. The number of carbonyl (C=O) groups is 3. The number of aliphatic hydroxyl groups excluding tert-OH is 1. The number of benzene rings is 1. The van der Waals surface area contributed by atoms with E-state index in [4.69, 9.17) is 0 Å². The zero-order valence-corrected chi connectivity index (χ0v) is 30.6. The summed E-state index contributed by atoms with van der Waals surface area (Å²) in [6, 6.07) is 4.18. The Morgan fingerprint density at radius 3 is 2.58 bits per heavy atom. The van der Waals surface area contributed by atoms with Crippen LogP contribution in [-0.4, -0.2) is 104 Å². The number of hydrogen-bond donors (Lipinski definition) is 3. The van der Waals surface area contributed by atoms with Crippen molar-refractivity contribution >= 4 is 46.1 Å². The van der Waals surface area contributed by atoms with Crippen LogP contribution >= 0.6 is 0 Å². The van der Waals surface area contributed by atoms with Crippen molar-refractivity contribution in [2.24, 2.45) is 5.92 Å². The van der Waals surface area contributed by atoms with Gasteiger partial charge < -0.3 is 30.0 Å². The minimum Gasteiger partial charge on any atom is -0.370 e. The van der Waals surface area contributed by atoms with E-state index in [1.165, 1.54) is 34.1 Å². The quantitative estimate of drug-likeness (QED) is 0.213. The Kier molecular flexibility index (Phi) is 9.87. The van der Waals surface area contributed by atoms with Crippen molar-refractivity contribution in [3.05, 3.63) is 60.1 Å². The molecule has 0 radical (unpaired) electrons. The molecule has 4 aliphatic rings. The van der Waals surface area contributed by atoms with E-state index in [9.17, 15) is 28.3 Å². The number of anilines is 4. The normalized spacial score (nSPS) is 23.6. The van der Waals surface area contributed by atoms with E-state index in [-0.39, 0.29) is 41.7 Å². The smallest absolute Gasteiger partial charge is 0.284 e. The van der Waals surface area contributed by atoms with E-state index in [0.717, 1.165) is 63.8 Å². The zero-order valence-electron chi connectivity index (χ0n) is 30.6. The van der Waals surface area contributed by atoms with Gasteiger partial charge in [-0.3, -0.25) is 24.4 Å². The van der Waals surface area contributed by atoms with Crippen LogP contribution in [0.2, 0.25) is 0 Å². The van der Waals surface area contributed by atoms with E-state index in [1.54, 1.807) is 35.0 Å². The lowest BCUT2D eigenvalue weighted by Gasteiger charge is -2.40. The first-order chi connectivity index (χ1) is 26.5. The number of hydrogen-bond acceptors (Lipinski definition) is 11. The minimum absolute atomic E-state index is 0.0245.